The zero-order chi connectivity index (χ0) is 18.6. The van der Waals surface area contributed by atoms with Gasteiger partial charge in [0.2, 0.25) is 11.7 Å². The van der Waals surface area contributed by atoms with E-state index in [1.807, 2.05) is 11.5 Å². The van der Waals surface area contributed by atoms with Crippen LogP contribution in [-0.4, -0.2) is 48.0 Å². The number of ketones is 1. The molecule has 0 unspecified atom stereocenters. The number of amides is 1. The van der Waals surface area contributed by atoms with Crippen LogP contribution in [0.5, 0.6) is 0 Å². The second-order valence-corrected chi connectivity index (χ2v) is 5.95. The summed E-state index contributed by atoms with van der Waals surface area (Å²) in [7, 11) is 1.33. The number of rotatable bonds is 7. The number of nitrogens with zero attached hydrogens (tertiary/aromatic N) is 1. The molecule has 0 aliphatic carbocycles. The fraction of sp³-hybridized carbons (Fsp3) is 0.529. The van der Waals surface area contributed by atoms with E-state index in [0.717, 1.165) is 5.69 Å². The monoisotopic (exact) mass is 350 g/mol. The summed E-state index contributed by atoms with van der Waals surface area (Å²) in [5.41, 5.74) is 1.99. The van der Waals surface area contributed by atoms with E-state index in [2.05, 4.69) is 10.1 Å². The van der Waals surface area contributed by atoms with Gasteiger partial charge in [-0.15, -0.1) is 0 Å². The normalized spacial score (nSPS) is 16.4. The number of hydrogen-bond donors (Lipinski definition) is 1. The van der Waals surface area contributed by atoms with Gasteiger partial charge in [0, 0.05) is 29.9 Å². The SMILES string of the molecule is COC(=O)CCn1c(C)cc(C(=O)COC(=O)[C@H]2CCC(=O)N2)c1C. The van der Waals surface area contributed by atoms with Crippen LogP contribution in [0.15, 0.2) is 6.07 Å². The molecule has 25 heavy (non-hydrogen) atoms. The lowest BCUT2D eigenvalue weighted by Crippen LogP contribution is -2.35. The molecule has 1 amide bonds. The predicted octanol–water partition coefficient (Wildman–Crippen LogP) is 0.673. The van der Waals surface area contributed by atoms with Crippen molar-refractivity contribution in [1.29, 1.82) is 0 Å². The number of aromatic nitrogens is 1. The van der Waals surface area contributed by atoms with Crippen LogP contribution in [-0.2, 0) is 30.4 Å². The molecule has 1 aromatic rings. The van der Waals surface area contributed by atoms with E-state index >= 15 is 0 Å². The first-order valence-corrected chi connectivity index (χ1v) is 8.06. The minimum absolute atomic E-state index is 0.192. The summed E-state index contributed by atoms with van der Waals surface area (Å²) in [4.78, 5) is 46.6. The van der Waals surface area contributed by atoms with Gasteiger partial charge in [-0.25, -0.2) is 4.79 Å². The molecule has 2 heterocycles. The first-order chi connectivity index (χ1) is 11.8. The van der Waals surface area contributed by atoms with Crippen LogP contribution in [0.25, 0.3) is 0 Å². The van der Waals surface area contributed by atoms with Crippen molar-refractivity contribution in [2.75, 3.05) is 13.7 Å². The largest absolute Gasteiger partial charge is 0.469 e. The van der Waals surface area contributed by atoms with Crippen molar-refractivity contribution in [2.45, 2.75) is 45.7 Å². The minimum atomic E-state index is -0.673. The highest BCUT2D eigenvalue weighted by Gasteiger charge is 2.29. The zero-order valence-electron chi connectivity index (χ0n) is 14.6. The number of ether oxygens (including phenoxy) is 2. The zero-order valence-corrected chi connectivity index (χ0v) is 14.6. The number of carbonyl (C=O) groups excluding carboxylic acids is 4. The van der Waals surface area contributed by atoms with Crippen LogP contribution < -0.4 is 5.32 Å². The van der Waals surface area contributed by atoms with Crippen molar-refractivity contribution in [3.8, 4) is 0 Å². The van der Waals surface area contributed by atoms with Crippen molar-refractivity contribution in [1.82, 2.24) is 9.88 Å². The Morgan fingerprint density at radius 3 is 2.64 bits per heavy atom. The third-order valence-electron chi connectivity index (χ3n) is 4.27. The van der Waals surface area contributed by atoms with Crippen LogP contribution >= 0.6 is 0 Å². The van der Waals surface area contributed by atoms with Gasteiger partial charge in [-0.05, 0) is 26.3 Å². The van der Waals surface area contributed by atoms with Gasteiger partial charge >= 0.3 is 11.9 Å². The lowest BCUT2D eigenvalue weighted by Gasteiger charge is -2.10. The van der Waals surface area contributed by atoms with Crippen LogP contribution in [0.1, 0.15) is 41.0 Å². The highest BCUT2D eigenvalue weighted by atomic mass is 16.5. The molecule has 1 aromatic heterocycles. The van der Waals surface area contributed by atoms with Crippen molar-refractivity contribution in [2.24, 2.45) is 0 Å². The van der Waals surface area contributed by atoms with E-state index in [4.69, 9.17) is 4.74 Å². The number of hydrogen-bond acceptors (Lipinski definition) is 6. The van der Waals surface area contributed by atoms with Gasteiger partial charge in [0.1, 0.15) is 6.04 Å². The lowest BCUT2D eigenvalue weighted by atomic mass is 10.1. The maximum absolute atomic E-state index is 12.3. The van der Waals surface area contributed by atoms with Crippen LogP contribution in [0.2, 0.25) is 0 Å². The summed E-state index contributed by atoms with van der Waals surface area (Å²) in [5.74, 6) is -1.44. The molecule has 8 heteroatoms. The number of aryl methyl sites for hydroxylation is 1. The number of nitrogens with one attached hydrogen (secondary N) is 1. The topological polar surface area (TPSA) is 104 Å². The Balaban J connectivity index is 1.96. The first-order valence-electron chi connectivity index (χ1n) is 8.06. The Morgan fingerprint density at radius 1 is 1.32 bits per heavy atom. The van der Waals surface area contributed by atoms with E-state index in [1.54, 1.807) is 13.0 Å². The molecule has 1 atom stereocenters. The first kappa shape index (κ1) is 18.7. The standard InChI is InChI=1S/C17H22N2O6/c1-10-8-12(11(2)19(10)7-6-16(22)24-3)14(20)9-25-17(23)13-4-5-15(21)18-13/h8,13H,4-7,9H2,1-3H3,(H,18,21)/t13-/m1/s1. The van der Waals surface area contributed by atoms with E-state index in [-0.39, 0.29) is 37.1 Å². The summed E-state index contributed by atoms with van der Waals surface area (Å²) in [5, 5.41) is 2.50. The minimum Gasteiger partial charge on any atom is -0.469 e. The summed E-state index contributed by atoms with van der Waals surface area (Å²) >= 11 is 0. The quantitative estimate of drug-likeness (QED) is 0.573. The molecule has 1 aliphatic heterocycles. The average molecular weight is 350 g/mol. The molecule has 8 nitrogen and oxygen atoms in total. The molecule has 0 spiro atoms. The summed E-state index contributed by atoms with van der Waals surface area (Å²) in [6.07, 6.45) is 0.875. The Labute approximate surface area is 145 Å². The molecule has 1 N–H and O–H groups in total. The van der Waals surface area contributed by atoms with Crippen LogP contribution in [0.4, 0.5) is 0 Å². The second kappa shape index (κ2) is 7.96. The number of esters is 2. The van der Waals surface area contributed by atoms with E-state index in [1.165, 1.54) is 7.11 Å². The number of carbonyl (C=O) groups is 4. The van der Waals surface area contributed by atoms with Crippen molar-refractivity contribution in [3.05, 3.63) is 23.0 Å². The summed E-state index contributed by atoms with van der Waals surface area (Å²) in [6.45, 7) is 3.63. The van der Waals surface area contributed by atoms with Gasteiger partial charge in [-0.3, -0.25) is 14.4 Å². The molecule has 1 fully saturated rings. The maximum Gasteiger partial charge on any atom is 0.329 e. The lowest BCUT2D eigenvalue weighted by molar-refractivity contribution is -0.145. The number of methoxy groups -OCH3 is 1. The van der Waals surface area contributed by atoms with Crippen molar-refractivity contribution >= 4 is 23.6 Å². The summed E-state index contributed by atoms with van der Waals surface area (Å²) < 4.78 is 11.5. The molecule has 1 saturated heterocycles. The third kappa shape index (κ3) is 4.46. The molecule has 0 bridgehead atoms. The Kier molecular flexibility index (Phi) is 5.95. The maximum atomic E-state index is 12.3. The Hall–Kier alpha value is -2.64. The van der Waals surface area contributed by atoms with Gasteiger partial charge in [-0.2, -0.15) is 0 Å². The van der Waals surface area contributed by atoms with E-state index in [9.17, 15) is 19.2 Å². The summed E-state index contributed by atoms with van der Waals surface area (Å²) in [6, 6.07) is 1.04. The van der Waals surface area contributed by atoms with E-state index in [0.29, 0.717) is 24.2 Å². The molecule has 136 valence electrons. The second-order valence-electron chi connectivity index (χ2n) is 5.95. The van der Waals surface area contributed by atoms with Gasteiger partial charge in [0.25, 0.3) is 0 Å². The van der Waals surface area contributed by atoms with Gasteiger partial charge in [0.05, 0.1) is 13.5 Å². The molecule has 2 rings (SSSR count). The highest BCUT2D eigenvalue weighted by Crippen LogP contribution is 2.17. The van der Waals surface area contributed by atoms with Gasteiger partial charge < -0.3 is 19.4 Å². The van der Waals surface area contributed by atoms with Crippen LogP contribution in [0, 0.1) is 13.8 Å². The van der Waals surface area contributed by atoms with Gasteiger partial charge in [-0.1, -0.05) is 0 Å². The molecule has 0 aromatic carbocycles. The Bertz CT molecular complexity index is 706. The van der Waals surface area contributed by atoms with E-state index < -0.39 is 12.0 Å². The smallest absolute Gasteiger partial charge is 0.329 e. The van der Waals surface area contributed by atoms with Gasteiger partial charge in [0.15, 0.2) is 6.61 Å². The molecule has 1 aliphatic rings. The number of Topliss-reactive ketones (excluding diaryl/α,β-unsaturated/α-hetero) is 1. The highest BCUT2D eigenvalue weighted by molar-refractivity contribution is 5.99. The van der Waals surface area contributed by atoms with Crippen LogP contribution in [0.3, 0.4) is 0 Å². The van der Waals surface area contributed by atoms with Crippen molar-refractivity contribution < 1.29 is 28.7 Å². The molecular formula is C17H22N2O6. The fourth-order valence-corrected chi connectivity index (χ4v) is 2.84. The predicted molar refractivity (Wildman–Crippen MR) is 87.0 cm³/mol. The van der Waals surface area contributed by atoms with Crippen molar-refractivity contribution in [3.63, 3.8) is 0 Å². The molecular weight excluding hydrogens is 328 g/mol. The third-order valence-corrected chi connectivity index (χ3v) is 4.27. The average Bonchev–Trinajstić information content (AvgIpc) is 3.14. The Morgan fingerprint density at radius 2 is 2.04 bits per heavy atom. The molecule has 0 saturated carbocycles. The fourth-order valence-electron chi connectivity index (χ4n) is 2.84. The molecule has 0 radical (unpaired) electrons.